The van der Waals surface area contributed by atoms with Gasteiger partial charge >= 0.3 is 0 Å². The van der Waals surface area contributed by atoms with Crippen molar-refractivity contribution in [2.45, 2.75) is 0 Å². The number of amides is 2. The Kier molecular flexibility index (Phi) is 7.68. The van der Waals surface area contributed by atoms with Crippen LogP contribution in [-0.2, 0) is 9.53 Å². The Morgan fingerprint density at radius 3 is 2.56 bits per heavy atom. The number of nitrogens with one attached hydrogen (secondary N) is 3. The van der Waals surface area contributed by atoms with Crippen LogP contribution in [0.1, 0.15) is 10.4 Å². The van der Waals surface area contributed by atoms with Crippen molar-refractivity contribution in [1.29, 1.82) is 0 Å². The van der Waals surface area contributed by atoms with Crippen LogP contribution in [0.2, 0.25) is 0 Å². The number of halogens is 1. The molecule has 2 rings (SSSR count). The standard InChI is InChI=1S/C18H20IN3O3/c1-25-10-9-20-18(24)13-3-2-4-16(11-13)21-12-17(23)22-15-7-5-14(19)6-8-15/h2-8,11,21H,9-10,12H2,1H3,(H,20,24)(H,22,23). The van der Waals surface area contributed by atoms with Gasteiger partial charge in [-0.1, -0.05) is 6.07 Å². The maximum atomic E-state index is 12.0. The van der Waals surface area contributed by atoms with Crippen molar-refractivity contribution in [3.63, 3.8) is 0 Å². The number of carbonyl (C=O) groups is 2. The molecule has 3 N–H and O–H groups in total. The summed E-state index contributed by atoms with van der Waals surface area (Å²) < 4.78 is 6.01. The van der Waals surface area contributed by atoms with Crippen molar-refractivity contribution in [3.05, 3.63) is 57.7 Å². The fourth-order valence-electron chi connectivity index (χ4n) is 2.06. The first kappa shape index (κ1) is 19.2. The molecule has 0 aromatic heterocycles. The summed E-state index contributed by atoms with van der Waals surface area (Å²) in [6.45, 7) is 1.02. The Balaban J connectivity index is 1.85. The maximum absolute atomic E-state index is 12.0. The number of methoxy groups -OCH3 is 1. The van der Waals surface area contributed by atoms with E-state index in [4.69, 9.17) is 4.74 Å². The van der Waals surface area contributed by atoms with Crippen molar-refractivity contribution in [3.8, 4) is 0 Å². The van der Waals surface area contributed by atoms with Gasteiger partial charge in [-0.25, -0.2) is 0 Å². The van der Waals surface area contributed by atoms with Crippen molar-refractivity contribution in [2.24, 2.45) is 0 Å². The lowest BCUT2D eigenvalue weighted by molar-refractivity contribution is -0.114. The molecular weight excluding hydrogens is 433 g/mol. The molecule has 0 fully saturated rings. The molecule has 0 aliphatic rings. The lowest BCUT2D eigenvalue weighted by Crippen LogP contribution is -2.27. The van der Waals surface area contributed by atoms with E-state index in [0.717, 1.165) is 9.26 Å². The summed E-state index contributed by atoms with van der Waals surface area (Å²) in [6.07, 6.45) is 0. The Morgan fingerprint density at radius 1 is 1.08 bits per heavy atom. The van der Waals surface area contributed by atoms with Crippen LogP contribution in [0.3, 0.4) is 0 Å². The molecular formula is C18H20IN3O3. The zero-order chi connectivity index (χ0) is 18.1. The highest BCUT2D eigenvalue weighted by molar-refractivity contribution is 14.1. The largest absolute Gasteiger partial charge is 0.383 e. The molecule has 2 amide bonds. The van der Waals surface area contributed by atoms with Crippen LogP contribution in [0, 0.1) is 3.57 Å². The van der Waals surface area contributed by atoms with Crippen molar-refractivity contribution in [1.82, 2.24) is 5.32 Å². The third-order valence-corrected chi connectivity index (χ3v) is 4.02. The van der Waals surface area contributed by atoms with Gasteiger partial charge in [0.05, 0.1) is 13.2 Å². The third-order valence-electron chi connectivity index (χ3n) is 3.30. The van der Waals surface area contributed by atoms with Gasteiger partial charge in [0.25, 0.3) is 5.91 Å². The molecule has 2 aromatic carbocycles. The number of hydrogen-bond donors (Lipinski definition) is 3. The minimum atomic E-state index is -0.177. The van der Waals surface area contributed by atoms with E-state index >= 15 is 0 Å². The summed E-state index contributed by atoms with van der Waals surface area (Å²) >= 11 is 2.21. The van der Waals surface area contributed by atoms with Crippen molar-refractivity contribution >= 4 is 45.8 Å². The number of carbonyl (C=O) groups excluding carboxylic acids is 2. The zero-order valence-corrected chi connectivity index (χ0v) is 16.0. The van der Waals surface area contributed by atoms with Gasteiger partial charge in [0.2, 0.25) is 5.91 Å². The number of hydrogen-bond acceptors (Lipinski definition) is 4. The summed E-state index contributed by atoms with van der Waals surface area (Å²) in [6, 6.07) is 14.6. The molecule has 132 valence electrons. The Morgan fingerprint density at radius 2 is 1.84 bits per heavy atom. The van der Waals surface area contributed by atoms with Crippen LogP contribution >= 0.6 is 22.6 Å². The second kappa shape index (κ2) is 10.00. The highest BCUT2D eigenvalue weighted by atomic mass is 127. The highest BCUT2D eigenvalue weighted by Crippen LogP contribution is 2.12. The quantitative estimate of drug-likeness (QED) is 0.425. The zero-order valence-electron chi connectivity index (χ0n) is 13.8. The van der Waals surface area contributed by atoms with Crippen LogP contribution in [-0.4, -0.2) is 38.6 Å². The van der Waals surface area contributed by atoms with E-state index in [9.17, 15) is 9.59 Å². The summed E-state index contributed by atoms with van der Waals surface area (Å²) in [5, 5.41) is 8.59. The van der Waals surface area contributed by atoms with Crippen LogP contribution in [0.15, 0.2) is 48.5 Å². The van der Waals surface area contributed by atoms with Gasteiger partial charge in [-0.15, -0.1) is 0 Å². The highest BCUT2D eigenvalue weighted by Gasteiger charge is 2.07. The SMILES string of the molecule is COCCNC(=O)c1cccc(NCC(=O)Nc2ccc(I)cc2)c1. The molecule has 7 heteroatoms. The van der Waals surface area contributed by atoms with E-state index in [0.29, 0.717) is 24.4 Å². The molecule has 0 spiro atoms. The van der Waals surface area contributed by atoms with E-state index in [1.165, 1.54) is 0 Å². The maximum Gasteiger partial charge on any atom is 0.251 e. The van der Waals surface area contributed by atoms with E-state index in [1.807, 2.05) is 30.3 Å². The fraction of sp³-hybridized carbons (Fsp3) is 0.222. The first-order chi connectivity index (χ1) is 12.1. The predicted molar refractivity (Wildman–Crippen MR) is 107 cm³/mol. The number of rotatable bonds is 8. The summed E-state index contributed by atoms with van der Waals surface area (Å²) in [4.78, 5) is 24.0. The minimum absolute atomic E-state index is 0.112. The van der Waals surface area contributed by atoms with Gasteiger partial charge in [-0.05, 0) is 65.1 Å². The van der Waals surface area contributed by atoms with Gasteiger partial charge < -0.3 is 20.7 Å². The van der Waals surface area contributed by atoms with E-state index in [1.54, 1.807) is 25.3 Å². The molecule has 2 aromatic rings. The van der Waals surface area contributed by atoms with Crippen LogP contribution in [0.5, 0.6) is 0 Å². The van der Waals surface area contributed by atoms with Gasteiger partial charge in [-0.2, -0.15) is 0 Å². The van der Waals surface area contributed by atoms with E-state index < -0.39 is 0 Å². The van der Waals surface area contributed by atoms with Gasteiger partial charge in [-0.3, -0.25) is 9.59 Å². The molecule has 0 saturated heterocycles. The monoisotopic (exact) mass is 453 g/mol. The molecule has 25 heavy (non-hydrogen) atoms. The molecule has 0 heterocycles. The van der Waals surface area contributed by atoms with Gasteiger partial charge in [0.1, 0.15) is 0 Å². The third kappa shape index (κ3) is 6.71. The molecule has 0 bridgehead atoms. The lowest BCUT2D eigenvalue weighted by atomic mass is 10.2. The Hall–Kier alpha value is -2.13. The van der Waals surface area contributed by atoms with Gasteiger partial charge in [0, 0.05) is 34.2 Å². The number of anilines is 2. The smallest absolute Gasteiger partial charge is 0.251 e. The molecule has 0 aliphatic heterocycles. The van der Waals surface area contributed by atoms with Crippen molar-refractivity contribution in [2.75, 3.05) is 37.4 Å². The molecule has 0 aliphatic carbocycles. The topological polar surface area (TPSA) is 79.5 Å². The lowest BCUT2D eigenvalue weighted by Gasteiger charge is -2.10. The molecule has 0 saturated carbocycles. The normalized spacial score (nSPS) is 10.2. The molecule has 6 nitrogen and oxygen atoms in total. The van der Waals surface area contributed by atoms with Crippen LogP contribution in [0.25, 0.3) is 0 Å². The summed E-state index contributed by atoms with van der Waals surface area (Å²) in [5.41, 5.74) is 1.98. The van der Waals surface area contributed by atoms with E-state index in [-0.39, 0.29) is 18.4 Å². The minimum Gasteiger partial charge on any atom is -0.383 e. The fourth-order valence-corrected chi connectivity index (χ4v) is 2.42. The Bertz CT molecular complexity index is 720. The van der Waals surface area contributed by atoms with Gasteiger partial charge in [0.15, 0.2) is 0 Å². The van der Waals surface area contributed by atoms with E-state index in [2.05, 4.69) is 38.5 Å². The Labute approximate surface area is 160 Å². The first-order valence-electron chi connectivity index (χ1n) is 7.75. The molecule has 0 atom stereocenters. The van der Waals surface area contributed by atoms with Crippen molar-refractivity contribution < 1.29 is 14.3 Å². The average Bonchev–Trinajstić information content (AvgIpc) is 2.62. The molecule has 0 unspecified atom stereocenters. The number of ether oxygens (including phenoxy) is 1. The van der Waals surface area contributed by atoms with Crippen LogP contribution < -0.4 is 16.0 Å². The van der Waals surface area contributed by atoms with Crippen LogP contribution in [0.4, 0.5) is 11.4 Å². The first-order valence-corrected chi connectivity index (χ1v) is 8.83. The average molecular weight is 453 g/mol. The molecule has 0 radical (unpaired) electrons. The predicted octanol–water partition coefficient (Wildman–Crippen LogP) is 2.72. The second-order valence-electron chi connectivity index (χ2n) is 5.24. The second-order valence-corrected chi connectivity index (χ2v) is 6.48. The summed E-state index contributed by atoms with van der Waals surface area (Å²) in [5.74, 6) is -0.333. The summed E-state index contributed by atoms with van der Waals surface area (Å²) in [7, 11) is 1.58. The number of benzene rings is 2.